The van der Waals surface area contributed by atoms with E-state index in [0.717, 1.165) is 16.7 Å². The van der Waals surface area contributed by atoms with Gasteiger partial charge in [-0.15, -0.1) is 0 Å². The van der Waals surface area contributed by atoms with Gasteiger partial charge in [0.2, 0.25) is 5.91 Å². The molecule has 0 unspecified atom stereocenters. The molecule has 2 heterocycles. The Labute approximate surface area is 188 Å². The van der Waals surface area contributed by atoms with Crippen LogP contribution in [0.1, 0.15) is 12.5 Å². The third kappa shape index (κ3) is 4.80. The lowest BCUT2D eigenvalue weighted by atomic mass is 9.94. The van der Waals surface area contributed by atoms with Crippen molar-refractivity contribution in [2.45, 2.75) is 19.4 Å². The minimum atomic E-state index is -0.562. The fraction of sp³-hybridized carbons (Fsp3) is 0.269. The maximum Gasteiger partial charge on any atom is 0.261 e. The summed E-state index contributed by atoms with van der Waals surface area (Å²) in [5.74, 6) is 0.437. The topological polar surface area (TPSA) is 62.7 Å². The summed E-state index contributed by atoms with van der Waals surface area (Å²) in [4.78, 5) is 34.1. The van der Waals surface area contributed by atoms with Gasteiger partial charge in [0, 0.05) is 44.0 Å². The molecule has 1 atom stereocenters. The van der Waals surface area contributed by atoms with Gasteiger partial charge in [-0.2, -0.15) is 0 Å². The van der Waals surface area contributed by atoms with Gasteiger partial charge >= 0.3 is 0 Å². The molecule has 4 rings (SSSR count). The summed E-state index contributed by atoms with van der Waals surface area (Å²) in [5, 5.41) is 0. The highest BCUT2D eigenvalue weighted by Crippen LogP contribution is 2.26. The van der Waals surface area contributed by atoms with Gasteiger partial charge in [-0.3, -0.25) is 14.6 Å². The van der Waals surface area contributed by atoms with Gasteiger partial charge in [0.15, 0.2) is 6.61 Å². The monoisotopic (exact) mass is 429 g/mol. The van der Waals surface area contributed by atoms with E-state index in [4.69, 9.17) is 4.74 Å². The first-order valence-electron chi connectivity index (χ1n) is 10.9. The molecule has 1 fully saturated rings. The molecular formula is C26H27N3O3. The van der Waals surface area contributed by atoms with Crippen molar-refractivity contribution in [2.24, 2.45) is 0 Å². The number of piperazine rings is 1. The summed E-state index contributed by atoms with van der Waals surface area (Å²) >= 11 is 0. The number of likely N-dealkylation sites (N-methyl/N-ethyl adjacent to an activating group) is 1. The van der Waals surface area contributed by atoms with Crippen molar-refractivity contribution < 1.29 is 14.3 Å². The average molecular weight is 430 g/mol. The zero-order valence-electron chi connectivity index (χ0n) is 18.2. The Bertz CT molecular complexity index is 1060. The quantitative estimate of drug-likeness (QED) is 0.577. The minimum Gasteiger partial charge on any atom is -0.484 e. The number of pyridine rings is 1. The van der Waals surface area contributed by atoms with E-state index < -0.39 is 6.04 Å². The Balaban J connectivity index is 1.57. The molecular weight excluding hydrogens is 402 g/mol. The lowest BCUT2D eigenvalue weighted by molar-refractivity contribution is -0.152. The number of carbonyl (C=O) groups excluding carboxylic acids is 2. The summed E-state index contributed by atoms with van der Waals surface area (Å²) in [5.41, 5.74) is 3.03. The lowest BCUT2D eigenvalue weighted by Gasteiger charge is -2.40. The van der Waals surface area contributed by atoms with Crippen molar-refractivity contribution in [1.82, 2.24) is 14.8 Å². The number of benzene rings is 2. The highest BCUT2D eigenvalue weighted by molar-refractivity contribution is 5.90. The van der Waals surface area contributed by atoms with E-state index in [-0.39, 0.29) is 18.4 Å². The number of aromatic nitrogens is 1. The van der Waals surface area contributed by atoms with E-state index in [1.54, 1.807) is 11.1 Å². The first-order chi connectivity index (χ1) is 15.7. The number of amides is 2. The fourth-order valence-corrected chi connectivity index (χ4v) is 4.10. The van der Waals surface area contributed by atoms with Gasteiger partial charge in [0.1, 0.15) is 11.8 Å². The molecule has 2 amide bonds. The van der Waals surface area contributed by atoms with Crippen LogP contribution < -0.4 is 4.74 Å². The first-order valence-corrected chi connectivity index (χ1v) is 10.9. The predicted octanol–water partition coefficient (Wildman–Crippen LogP) is 3.43. The van der Waals surface area contributed by atoms with Gasteiger partial charge in [-0.05, 0) is 36.2 Å². The predicted molar refractivity (Wildman–Crippen MR) is 123 cm³/mol. The molecule has 0 radical (unpaired) electrons. The average Bonchev–Trinajstić information content (AvgIpc) is 2.85. The Morgan fingerprint density at radius 1 is 1.03 bits per heavy atom. The summed E-state index contributed by atoms with van der Waals surface area (Å²) in [6.45, 7) is 3.53. The van der Waals surface area contributed by atoms with Crippen LogP contribution in [0.15, 0.2) is 79.1 Å². The second kappa shape index (κ2) is 10.1. The highest BCUT2D eigenvalue weighted by Gasteiger charge is 2.37. The number of para-hydroxylation sites is 1. The van der Waals surface area contributed by atoms with Gasteiger partial charge in [0.05, 0.1) is 0 Å². The van der Waals surface area contributed by atoms with Crippen molar-refractivity contribution >= 4 is 11.8 Å². The van der Waals surface area contributed by atoms with Crippen molar-refractivity contribution in [3.63, 3.8) is 0 Å². The van der Waals surface area contributed by atoms with Crippen LogP contribution in [0.2, 0.25) is 0 Å². The fourth-order valence-electron chi connectivity index (χ4n) is 4.10. The third-order valence-electron chi connectivity index (χ3n) is 5.79. The zero-order chi connectivity index (χ0) is 22.3. The number of hydrogen-bond donors (Lipinski definition) is 0. The molecule has 32 heavy (non-hydrogen) atoms. The van der Waals surface area contributed by atoms with Crippen molar-refractivity contribution in [1.29, 1.82) is 0 Å². The first kappa shape index (κ1) is 21.6. The normalized spacial score (nSPS) is 16.2. The molecule has 0 N–H and O–H groups in total. The standard InChI is InChI=1S/C26H27N3O3/c1-2-28-15-16-29(25(30)19-32-22-11-4-3-5-12-22)24(26(28)31)17-20-9-6-7-13-23(20)21-10-8-14-27-18-21/h3-14,18,24H,2,15-17,19H2,1H3/t24-/m1/s1. The second-order valence-corrected chi connectivity index (χ2v) is 7.73. The molecule has 6 nitrogen and oxygen atoms in total. The van der Waals surface area contributed by atoms with Gasteiger partial charge in [-0.25, -0.2) is 0 Å². The molecule has 1 aromatic heterocycles. The Morgan fingerprint density at radius 3 is 2.56 bits per heavy atom. The van der Waals surface area contributed by atoms with Crippen LogP contribution in [0.5, 0.6) is 5.75 Å². The van der Waals surface area contributed by atoms with E-state index in [2.05, 4.69) is 4.98 Å². The van der Waals surface area contributed by atoms with E-state index in [1.807, 2.05) is 84.8 Å². The Kier molecular flexibility index (Phi) is 6.80. The van der Waals surface area contributed by atoms with Crippen LogP contribution in [0.3, 0.4) is 0 Å². The SMILES string of the molecule is CCN1CCN(C(=O)COc2ccccc2)[C@H](Cc2ccccc2-c2cccnc2)C1=O. The van der Waals surface area contributed by atoms with Gasteiger partial charge < -0.3 is 14.5 Å². The highest BCUT2D eigenvalue weighted by atomic mass is 16.5. The smallest absolute Gasteiger partial charge is 0.261 e. The van der Waals surface area contributed by atoms with Crippen LogP contribution in [-0.4, -0.2) is 58.9 Å². The number of carbonyl (C=O) groups is 2. The van der Waals surface area contributed by atoms with Crippen LogP contribution in [-0.2, 0) is 16.0 Å². The Morgan fingerprint density at radius 2 is 1.81 bits per heavy atom. The van der Waals surface area contributed by atoms with Crippen molar-refractivity contribution in [3.05, 3.63) is 84.7 Å². The molecule has 0 bridgehead atoms. The van der Waals surface area contributed by atoms with Crippen LogP contribution in [0.4, 0.5) is 0 Å². The van der Waals surface area contributed by atoms with Crippen LogP contribution in [0, 0.1) is 0 Å². The maximum absolute atomic E-state index is 13.3. The number of rotatable bonds is 7. The van der Waals surface area contributed by atoms with E-state index >= 15 is 0 Å². The molecule has 6 heteroatoms. The lowest BCUT2D eigenvalue weighted by Crippen LogP contribution is -2.60. The molecule has 0 spiro atoms. The van der Waals surface area contributed by atoms with Crippen molar-refractivity contribution in [2.75, 3.05) is 26.2 Å². The van der Waals surface area contributed by atoms with E-state index in [9.17, 15) is 9.59 Å². The molecule has 164 valence electrons. The zero-order valence-corrected chi connectivity index (χ0v) is 18.2. The summed E-state index contributed by atoms with van der Waals surface area (Å²) in [6.07, 6.45) is 4.00. The molecule has 0 aliphatic carbocycles. The minimum absolute atomic E-state index is 0.0206. The van der Waals surface area contributed by atoms with E-state index in [1.165, 1.54) is 0 Å². The summed E-state index contributed by atoms with van der Waals surface area (Å²) < 4.78 is 5.68. The summed E-state index contributed by atoms with van der Waals surface area (Å²) in [6, 6.07) is 20.6. The number of hydrogen-bond acceptors (Lipinski definition) is 4. The molecule has 1 aliphatic heterocycles. The molecule has 1 saturated heterocycles. The second-order valence-electron chi connectivity index (χ2n) is 7.73. The molecule has 1 aliphatic rings. The Hall–Kier alpha value is -3.67. The van der Waals surface area contributed by atoms with E-state index in [0.29, 0.717) is 31.8 Å². The van der Waals surface area contributed by atoms with Gasteiger partial charge in [-0.1, -0.05) is 48.5 Å². The number of ether oxygens (including phenoxy) is 1. The van der Waals surface area contributed by atoms with Crippen LogP contribution in [0.25, 0.3) is 11.1 Å². The maximum atomic E-state index is 13.3. The third-order valence-corrected chi connectivity index (χ3v) is 5.79. The van der Waals surface area contributed by atoms with Crippen molar-refractivity contribution in [3.8, 4) is 16.9 Å². The molecule has 2 aromatic carbocycles. The van der Waals surface area contributed by atoms with Crippen LogP contribution >= 0.6 is 0 Å². The largest absolute Gasteiger partial charge is 0.484 e. The number of nitrogens with zero attached hydrogens (tertiary/aromatic N) is 3. The molecule has 0 saturated carbocycles. The van der Waals surface area contributed by atoms with Gasteiger partial charge in [0.25, 0.3) is 5.91 Å². The summed E-state index contributed by atoms with van der Waals surface area (Å²) in [7, 11) is 0. The molecule has 3 aromatic rings.